The van der Waals surface area contributed by atoms with Crippen molar-refractivity contribution in [1.29, 1.82) is 0 Å². The summed E-state index contributed by atoms with van der Waals surface area (Å²) in [6.07, 6.45) is 3.57. The Labute approximate surface area is 144 Å². The number of hydrogen-bond acceptors (Lipinski definition) is 4. The van der Waals surface area contributed by atoms with Crippen LogP contribution in [0.1, 0.15) is 41.8 Å². The maximum Gasteiger partial charge on any atom is 0.337 e. The van der Waals surface area contributed by atoms with Crippen molar-refractivity contribution in [2.24, 2.45) is 0 Å². The quantitative estimate of drug-likeness (QED) is 0.523. The van der Waals surface area contributed by atoms with Crippen LogP contribution in [0.15, 0.2) is 42.6 Å². The van der Waals surface area contributed by atoms with Crippen molar-refractivity contribution in [2.75, 3.05) is 7.11 Å². The van der Waals surface area contributed by atoms with Crippen LogP contribution in [-0.2, 0) is 4.74 Å². The summed E-state index contributed by atoms with van der Waals surface area (Å²) in [6.45, 7) is 2.11. The average Bonchev–Trinajstić information content (AvgIpc) is 2.56. The molecule has 5 heteroatoms. The van der Waals surface area contributed by atoms with Crippen LogP contribution in [0.5, 0.6) is 5.88 Å². The second kappa shape index (κ2) is 8.12. The largest absolute Gasteiger partial charge is 0.469 e. The van der Waals surface area contributed by atoms with Gasteiger partial charge < -0.3 is 9.47 Å². The average molecular weight is 411 g/mol. The molecule has 1 unspecified atom stereocenters. The van der Waals surface area contributed by atoms with E-state index < -0.39 is 0 Å². The lowest BCUT2D eigenvalue weighted by Gasteiger charge is -2.18. The third kappa shape index (κ3) is 4.43. The second-order valence-corrected chi connectivity index (χ2v) is 6.07. The summed E-state index contributed by atoms with van der Waals surface area (Å²) in [7, 11) is 1.38. The van der Waals surface area contributed by atoms with E-state index in [4.69, 9.17) is 9.47 Å². The SMILES string of the molecule is CCCC(Oc1ccc(I)cn1)c1ccc(C(=O)OC)cc1. The summed E-state index contributed by atoms with van der Waals surface area (Å²) in [5.41, 5.74) is 1.56. The van der Waals surface area contributed by atoms with E-state index >= 15 is 0 Å². The molecule has 0 spiro atoms. The number of rotatable bonds is 6. The monoisotopic (exact) mass is 411 g/mol. The van der Waals surface area contributed by atoms with Gasteiger partial charge in [-0.3, -0.25) is 0 Å². The van der Waals surface area contributed by atoms with Gasteiger partial charge in [-0.15, -0.1) is 0 Å². The van der Waals surface area contributed by atoms with Crippen LogP contribution in [0.4, 0.5) is 0 Å². The maximum absolute atomic E-state index is 11.5. The van der Waals surface area contributed by atoms with Crippen molar-refractivity contribution in [3.63, 3.8) is 0 Å². The fourth-order valence-corrected chi connectivity index (χ4v) is 2.40. The van der Waals surface area contributed by atoms with Crippen LogP contribution in [0.25, 0.3) is 0 Å². The summed E-state index contributed by atoms with van der Waals surface area (Å²) in [5.74, 6) is 0.273. The van der Waals surface area contributed by atoms with Gasteiger partial charge in [0.2, 0.25) is 5.88 Å². The second-order valence-electron chi connectivity index (χ2n) is 4.82. The molecule has 0 radical (unpaired) electrons. The Hall–Kier alpha value is -1.63. The minimum absolute atomic E-state index is 0.0794. The fourth-order valence-electron chi connectivity index (χ4n) is 2.09. The zero-order valence-corrected chi connectivity index (χ0v) is 14.7. The Morgan fingerprint density at radius 1 is 1.23 bits per heavy atom. The molecule has 116 valence electrons. The highest BCUT2D eigenvalue weighted by molar-refractivity contribution is 14.1. The Balaban J connectivity index is 2.16. The maximum atomic E-state index is 11.5. The van der Waals surface area contributed by atoms with E-state index in [-0.39, 0.29) is 12.1 Å². The summed E-state index contributed by atoms with van der Waals surface area (Å²) in [4.78, 5) is 15.8. The third-order valence-electron chi connectivity index (χ3n) is 3.22. The molecule has 0 fully saturated rings. The van der Waals surface area contributed by atoms with Gasteiger partial charge >= 0.3 is 5.97 Å². The molecule has 1 heterocycles. The molecule has 0 N–H and O–H groups in total. The number of esters is 1. The van der Waals surface area contributed by atoms with Crippen molar-refractivity contribution >= 4 is 28.6 Å². The van der Waals surface area contributed by atoms with Gasteiger partial charge in [0.15, 0.2) is 0 Å². The number of carbonyl (C=O) groups is 1. The number of aromatic nitrogens is 1. The molecule has 1 aromatic heterocycles. The highest BCUT2D eigenvalue weighted by Gasteiger charge is 2.14. The normalized spacial score (nSPS) is 11.8. The predicted molar refractivity (Wildman–Crippen MR) is 93.0 cm³/mol. The van der Waals surface area contributed by atoms with Gasteiger partial charge in [-0.1, -0.05) is 25.5 Å². The molecule has 1 atom stereocenters. The van der Waals surface area contributed by atoms with Crippen LogP contribution in [0.3, 0.4) is 0 Å². The number of hydrogen-bond donors (Lipinski definition) is 0. The minimum atomic E-state index is -0.334. The van der Waals surface area contributed by atoms with Crippen molar-refractivity contribution in [1.82, 2.24) is 4.98 Å². The molecule has 0 aliphatic heterocycles. The first-order valence-electron chi connectivity index (χ1n) is 7.10. The van der Waals surface area contributed by atoms with Crippen LogP contribution in [0, 0.1) is 3.57 Å². The molecule has 1 aromatic carbocycles. The Bertz CT molecular complexity index is 611. The van der Waals surface area contributed by atoms with Gasteiger partial charge in [-0.05, 0) is 52.8 Å². The van der Waals surface area contributed by atoms with Crippen molar-refractivity contribution in [3.05, 3.63) is 57.3 Å². The van der Waals surface area contributed by atoms with Crippen molar-refractivity contribution in [3.8, 4) is 5.88 Å². The van der Waals surface area contributed by atoms with Gasteiger partial charge in [0, 0.05) is 15.8 Å². The van der Waals surface area contributed by atoms with Gasteiger partial charge in [0.25, 0.3) is 0 Å². The molecule has 0 amide bonds. The molecule has 2 aromatic rings. The number of carbonyl (C=O) groups excluding carboxylic acids is 1. The van der Waals surface area contributed by atoms with Gasteiger partial charge in [-0.2, -0.15) is 0 Å². The molecular formula is C17H18INO3. The molecule has 0 aliphatic rings. The molecule has 2 rings (SSSR count). The fraction of sp³-hybridized carbons (Fsp3) is 0.294. The lowest BCUT2D eigenvalue weighted by Crippen LogP contribution is -2.09. The van der Waals surface area contributed by atoms with Gasteiger partial charge in [0.05, 0.1) is 12.7 Å². The van der Waals surface area contributed by atoms with E-state index in [1.165, 1.54) is 7.11 Å². The molecule has 0 aliphatic carbocycles. The molecule has 0 bridgehead atoms. The van der Waals surface area contributed by atoms with E-state index in [0.29, 0.717) is 11.4 Å². The van der Waals surface area contributed by atoms with Crippen LogP contribution < -0.4 is 4.74 Å². The zero-order chi connectivity index (χ0) is 15.9. The highest BCUT2D eigenvalue weighted by atomic mass is 127. The first-order chi connectivity index (χ1) is 10.6. The molecule has 0 saturated heterocycles. The van der Waals surface area contributed by atoms with Crippen molar-refractivity contribution in [2.45, 2.75) is 25.9 Å². The lowest BCUT2D eigenvalue weighted by molar-refractivity contribution is 0.0600. The number of halogens is 1. The third-order valence-corrected chi connectivity index (χ3v) is 3.86. The first kappa shape index (κ1) is 16.7. The lowest BCUT2D eigenvalue weighted by atomic mass is 10.0. The Morgan fingerprint density at radius 3 is 2.50 bits per heavy atom. The minimum Gasteiger partial charge on any atom is -0.469 e. The number of pyridine rings is 1. The van der Waals surface area contributed by atoms with E-state index in [0.717, 1.165) is 22.0 Å². The number of benzene rings is 1. The standard InChI is InChI=1S/C17H18INO3/c1-3-4-15(22-16-10-9-14(18)11-19-16)12-5-7-13(8-6-12)17(20)21-2/h5-11,15H,3-4H2,1-2H3. The van der Waals surface area contributed by atoms with Crippen LogP contribution in [-0.4, -0.2) is 18.1 Å². The summed E-state index contributed by atoms with van der Waals surface area (Å²) in [6, 6.07) is 11.2. The number of nitrogens with zero attached hydrogens (tertiary/aromatic N) is 1. The molecule has 4 nitrogen and oxygen atoms in total. The van der Waals surface area contributed by atoms with Crippen LogP contribution >= 0.6 is 22.6 Å². The summed E-state index contributed by atoms with van der Waals surface area (Å²) >= 11 is 2.21. The highest BCUT2D eigenvalue weighted by Crippen LogP contribution is 2.25. The van der Waals surface area contributed by atoms with Crippen LogP contribution in [0.2, 0.25) is 0 Å². The first-order valence-corrected chi connectivity index (χ1v) is 8.18. The smallest absolute Gasteiger partial charge is 0.337 e. The zero-order valence-electron chi connectivity index (χ0n) is 12.6. The summed E-state index contributed by atoms with van der Waals surface area (Å²) in [5, 5.41) is 0. The molecule has 0 saturated carbocycles. The van der Waals surface area contributed by atoms with E-state index in [9.17, 15) is 4.79 Å². The number of ether oxygens (including phenoxy) is 2. The van der Waals surface area contributed by atoms with E-state index in [1.54, 1.807) is 18.3 Å². The topological polar surface area (TPSA) is 48.4 Å². The van der Waals surface area contributed by atoms with Gasteiger partial charge in [-0.25, -0.2) is 9.78 Å². The summed E-state index contributed by atoms with van der Waals surface area (Å²) < 4.78 is 11.8. The Kier molecular flexibility index (Phi) is 6.18. The van der Waals surface area contributed by atoms with Gasteiger partial charge in [0.1, 0.15) is 6.10 Å². The molecule has 22 heavy (non-hydrogen) atoms. The Morgan fingerprint density at radius 2 is 1.95 bits per heavy atom. The predicted octanol–water partition coefficient (Wildman–Crippen LogP) is 4.39. The molecular weight excluding hydrogens is 393 g/mol. The van der Waals surface area contributed by atoms with Crippen molar-refractivity contribution < 1.29 is 14.3 Å². The number of methoxy groups -OCH3 is 1. The van der Waals surface area contributed by atoms with E-state index in [1.807, 2.05) is 24.3 Å². The van der Waals surface area contributed by atoms with E-state index in [2.05, 4.69) is 34.5 Å².